The van der Waals surface area contributed by atoms with Gasteiger partial charge in [-0.1, -0.05) is 24.7 Å². The predicted molar refractivity (Wildman–Crippen MR) is 78.8 cm³/mol. The molecule has 0 aliphatic carbocycles. The molecule has 2 saturated heterocycles. The molecule has 2 aliphatic heterocycles. The number of aryl methyl sites for hydroxylation is 1. The molecule has 0 bridgehead atoms. The zero-order valence-corrected chi connectivity index (χ0v) is 12.5. The fourth-order valence-corrected chi connectivity index (χ4v) is 4.28. The average molecular weight is 281 g/mol. The summed E-state index contributed by atoms with van der Waals surface area (Å²) in [5.41, 5.74) is 1.08. The molecule has 0 spiro atoms. The summed E-state index contributed by atoms with van der Waals surface area (Å²) < 4.78 is 0. The summed E-state index contributed by atoms with van der Waals surface area (Å²) in [6.45, 7) is 6.87. The fraction of sp³-hybridized carbons (Fsp3) is 0.786. The summed E-state index contributed by atoms with van der Waals surface area (Å²) in [6.07, 6.45) is 4.97. The number of rotatable bonds is 3. The summed E-state index contributed by atoms with van der Waals surface area (Å²) >= 11 is 1.68. The quantitative estimate of drug-likeness (QED) is 0.918. The van der Waals surface area contributed by atoms with Gasteiger partial charge in [-0.2, -0.15) is 0 Å². The van der Waals surface area contributed by atoms with Gasteiger partial charge >= 0.3 is 0 Å². The SMILES string of the molecule is CCc1nc(N2CCN3CCCCC3C2)sc1CO. The Labute approximate surface area is 119 Å². The van der Waals surface area contributed by atoms with Crippen molar-refractivity contribution >= 4 is 16.5 Å². The zero-order chi connectivity index (χ0) is 13.2. The molecule has 1 atom stereocenters. The maximum Gasteiger partial charge on any atom is 0.185 e. The van der Waals surface area contributed by atoms with E-state index in [1.54, 1.807) is 11.3 Å². The molecular formula is C14H23N3OS. The number of aliphatic hydroxyl groups excluding tert-OH is 1. The van der Waals surface area contributed by atoms with Crippen LogP contribution >= 0.6 is 11.3 Å². The third-order valence-electron chi connectivity index (χ3n) is 4.35. The first-order valence-electron chi connectivity index (χ1n) is 7.40. The van der Waals surface area contributed by atoms with Gasteiger partial charge in [0, 0.05) is 25.7 Å². The molecule has 1 aromatic heterocycles. The first-order chi connectivity index (χ1) is 9.31. The maximum absolute atomic E-state index is 9.39. The number of piperidine rings is 1. The molecule has 0 amide bonds. The van der Waals surface area contributed by atoms with Gasteiger partial charge in [0.25, 0.3) is 0 Å². The second kappa shape index (κ2) is 5.77. The number of hydrogen-bond donors (Lipinski definition) is 1. The molecule has 0 saturated carbocycles. The van der Waals surface area contributed by atoms with E-state index in [2.05, 4.69) is 16.7 Å². The minimum Gasteiger partial charge on any atom is -0.391 e. The Morgan fingerprint density at radius 3 is 2.95 bits per heavy atom. The van der Waals surface area contributed by atoms with Crippen LogP contribution in [0.25, 0.3) is 0 Å². The van der Waals surface area contributed by atoms with Gasteiger partial charge in [0.2, 0.25) is 0 Å². The summed E-state index contributed by atoms with van der Waals surface area (Å²) in [6, 6.07) is 0.717. The van der Waals surface area contributed by atoms with Crippen LogP contribution in [0.5, 0.6) is 0 Å². The third-order valence-corrected chi connectivity index (χ3v) is 5.50. The van der Waals surface area contributed by atoms with Crippen molar-refractivity contribution in [1.82, 2.24) is 9.88 Å². The standard InChI is InChI=1S/C14H23N3OS/c1-2-12-13(10-18)19-14(15-12)17-8-7-16-6-4-3-5-11(16)9-17/h11,18H,2-10H2,1H3. The van der Waals surface area contributed by atoms with Gasteiger partial charge in [0.05, 0.1) is 17.2 Å². The smallest absolute Gasteiger partial charge is 0.185 e. The maximum atomic E-state index is 9.39. The topological polar surface area (TPSA) is 39.6 Å². The lowest BCUT2D eigenvalue weighted by molar-refractivity contribution is 0.133. The molecule has 2 fully saturated rings. The van der Waals surface area contributed by atoms with Crippen molar-refractivity contribution in [2.75, 3.05) is 31.1 Å². The molecule has 0 aromatic carbocycles. The fourth-order valence-electron chi connectivity index (χ4n) is 3.23. The Kier molecular flexibility index (Phi) is 4.05. The van der Waals surface area contributed by atoms with Gasteiger partial charge < -0.3 is 10.0 Å². The van der Waals surface area contributed by atoms with E-state index in [0.717, 1.165) is 35.2 Å². The molecular weight excluding hydrogens is 258 g/mol. The van der Waals surface area contributed by atoms with Crippen LogP contribution in [0.4, 0.5) is 5.13 Å². The third kappa shape index (κ3) is 2.64. The van der Waals surface area contributed by atoms with E-state index in [9.17, 15) is 5.11 Å². The van der Waals surface area contributed by atoms with Gasteiger partial charge in [-0.15, -0.1) is 0 Å². The lowest BCUT2D eigenvalue weighted by Gasteiger charge is -2.44. The Bertz CT molecular complexity index is 413. The summed E-state index contributed by atoms with van der Waals surface area (Å²) in [7, 11) is 0. The summed E-state index contributed by atoms with van der Waals surface area (Å²) in [5.74, 6) is 0. The molecule has 3 heterocycles. The molecule has 1 N–H and O–H groups in total. The average Bonchev–Trinajstić information content (AvgIpc) is 2.90. The minimum absolute atomic E-state index is 0.129. The highest BCUT2D eigenvalue weighted by atomic mass is 32.1. The van der Waals surface area contributed by atoms with Gasteiger partial charge in [0.15, 0.2) is 5.13 Å². The van der Waals surface area contributed by atoms with Crippen molar-refractivity contribution in [3.63, 3.8) is 0 Å². The molecule has 19 heavy (non-hydrogen) atoms. The van der Waals surface area contributed by atoms with E-state index in [1.807, 2.05) is 0 Å². The summed E-state index contributed by atoms with van der Waals surface area (Å²) in [4.78, 5) is 10.8. The molecule has 1 unspecified atom stereocenters. The van der Waals surface area contributed by atoms with Crippen LogP contribution in [0.3, 0.4) is 0 Å². The van der Waals surface area contributed by atoms with Crippen molar-refractivity contribution in [2.45, 2.75) is 45.3 Å². The number of anilines is 1. The number of fused-ring (bicyclic) bond motifs is 1. The normalized spacial score (nSPS) is 24.5. The zero-order valence-electron chi connectivity index (χ0n) is 11.6. The second-order valence-corrected chi connectivity index (χ2v) is 6.57. The highest BCUT2D eigenvalue weighted by molar-refractivity contribution is 7.15. The van der Waals surface area contributed by atoms with E-state index in [-0.39, 0.29) is 6.61 Å². The van der Waals surface area contributed by atoms with Crippen LogP contribution in [0.2, 0.25) is 0 Å². The van der Waals surface area contributed by atoms with Crippen molar-refractivity contribution in [3.8, 4) is 0 Å². The van der Waals surface area contributed by atoms with Crippen LogP contribution in [-0.4, -0.2) is 47.2 Å². The van der Waals surface area contributed by atoms with Gasteiger partial charge in [0.1, 0.15) is 0 Å². The first kappa shape index (κ1) is 13.3. The number of aliphatic hydroxyl groups is 1. The molecule has 3 rings (SSSR count). The largest absolute Gasteiger partial charge is 0.391 e. The van der Waals surface area contributed by atoms with Crippen molar-refractivity contribution in [2.24, 2.45) is 0 Å². The first-order valence-corrected chi connectivity index (χ1v) is 8.22. The van der Waals surface area contributed by atoms with Crippen molar-refractivity contribution in [3.05, 3.63) is 10.6 Å². The number of nitrogens with zero attached hydrogens (tertiary/aromatic N) is 3. The molecule has 1 aromatic rings. The van der Waals surface area contributed by atoms with Crippen LogP contribution in [0, 0.1) is 0 Å². The van der Waals surface area contributed by atoms with Crippen LogP contribution in [-0.2, 0) is 13.0 Å². The molecule has 0 radical (unpaired) electrons. The van der Waals surface area contributed by atoms with E-state index >= 15 is 0 Å². The molecule has 2 aliphatic rings. The van der Waals surface area contributed by atoms with Gasteiger partial charge in [-0.3, -0.25) is 4.90 Å². The molecule has 4 nitrogen and oxygen atoms in total. The number of aromatic nitrogens is 1. The lowest BCUT2D eigenvalue weighted by atomic mass is 10.00. The minimum atomic E-state index is 0.129. The Morgan fingerprint density at radius 1 is 1.32 bits per heavy atom. The van der Waals surface area contributed by atoms with Crippen molar-refractivity contribution < 1.29 is 5.11 Å². The van der Waals surface area contributed by atoms with Crippen molar-refractivity contribution in [1.29, 1.82) is 0 Å². The van der Waals surface area contributed by atoms with Crippen LogP contribution < -0.4 is 4.90 Å². The number of thiazole rings is 1. The Morgan fingerprint density at radius 2 is 2.21 bits per heavy atom. The van der Waals surface area contributed by atoms with E-state index in [0.29, 0.717) is 6.04 Å². The van der Waals surface area contributed by atoms with E-state index in [1.165, 1.54) is 32.4 Å². The van der Waals surface area contributed by atoms with Gasteiger partial charge in [-0.25, -0.2) is 4.98 Å². The summed E-state index contributed by atoms with van der Waals surface area (Å²) in [5, 5.41) is 10.5. The predicted octanol–water partition coefficient (Wildman–Crippen LogP) is 1.87. The monoisotopic (exact) mass is 281 g/mol. The second-order valence-electron chi connectivity index (χ2n) is 5.51. The van der Waals surface area contributed by atoms with Gasteiger partial charge in [-0.05, 0) is 25.8 Å². The number of piperazine rings is 1. The lowest BCUT2D eigenvalue weighted by Crippen LogP contribution is -2.54. The molecule has 106 valence electrons. The Balaban J connectivity index is 1.73. The van der Waals surface area contributed by atoms with Crippen LogP contribution in [0.1, 0.15) is 36.8 Å². The van der Waals surface area contributed by atoms with E-state index in [4.69, 9.17) is 4.98 Å². The highest BCUT2D eigenvalue weighted by Gasteiger charge is 2.30. The van der Waals surface area contributed by atoms with Crippen LogP contribution in [0.15, 0.2) is 0 Å². The number of hydrogen-bond acceptors (Lipinski definition) is 5. The van der Waals surface area contributed by atoms with E-state index < -0.39 is 0 Å². The molecule has 5 heteroatoms. The highest BCUT2D eigenvalue weighted by Crippen LogP contribution is 2.30. The Hall–Kier alpha value is -0.650.